The van der Waals surface area contributed by atoms with Gasteiger partial charge in [0.05, 0.1) is 27.9 Å². The Bertz CT molecular complexity index is 781. The Morgan fingerprint density at radius 3 is 2.27 bits per heavy atom. The van der Waals surface area contributed by atoms with E-state index in [2.05, 4.69) is 4.98 Å². The maximum Gasteiger partial charge on any atom is 0.352 e. The van der Waals surface area contributed by atoms with Crippen LogP contribution in [0.4, 0.5) is 0 Å². The topological polar surface area (TPSA) is 90.0 Å². The first-order chi connectivity index (χ1) is 12.5. The second-order valence-corrected chi connectivity index (χ2v) is 5.62. The molecule has 0 amide bonds. The second kappa shape index (κ2) is 8.62. The first-order valence-corrected chi connectivity index (χ1v) is 8.29. The van der Waals surface area contributed by atoms with Crippen LogP contribution in [0.15, 0.2) is 12.1 Å². The number of aryl methyl sites for hydroxylation is 1. The van der Waals surface area contributed by atoms with E-state index in [1.807, 2.05) is 13.0 Å². The lowest BCUT2D eigenvalue weighted by Crippen LogP contribution is -2.05. The van der Waals surface area contributed by atoms with E-state index in [-0.39, 0.29) is 5.69 Å². The van der Waals surface area contributed by atoms with Crippen LogP contribution >= 0.6 is 0 Å². The van der Waals surface area contributed by atoms with E-state index in [4.69, 9.17) is 18.9 Å². The highest BCUT2D eigenvalue weighted by atomic mass is 16.5. The van der Waals surface area contributed by atoms with Crippen LogP contribution in [-0.4, -0.2) is 51.1 Å². The number of hydrogen-bond donors (Lipinski definition) is 2. The molecule has 2 aromatic rings. The molecule has 0 radical (unpaired) electrons. The van der Waals surface area contributed by atoms with Crippen LogP contribution in [-0.2, 0) is 17.6 Å². The van der Waals surface area contributed by atoms with E-state index in [9.17, 15) is 9.90 Å². The number of aromatic amines is 1. The van der Waals surface area contributed by atoms with Crippen molar-refractivity contribution in [2.45, 2.75) is 19.8 Å². The number of benzene rings is 1. The molecule has 7 nitrogen and oxygen atoms in total. The van der Waals surface area contributed by atoms with Crippen LogP contribution in [0.5, 0.6) is 17.2 Å². The lowest BCUT2D eigenvalue weighted by atomic mass is 9.95. The summed E-state index contributed by atoms with van der Waals surface area (Å²) < 4.78 is 21.6. The Labute approximate surface area is 152 Å². The first-order valence-electron chi connectivity index (χ1n) is 8.29. The van der Waals surface area contributed by atoms with Gasteiger partial charge < -0.3 is 29.0 Å². The molecular weight excluding hydrogens is 338 g/mol. The van der Waals surface area contributed by atoms with Gasteiger partial charge in [-0.25, -0.2) is 4.79 Å². The van der Waals surface area contributed by atoms with Gasteiger partial charge in [0.25, 0.3) is 0 Å². The van der Waals surface area contributed by atoms with E-state index < -0.39 is 5.97 Å². The molecule has 0 aliphatic carbocycles. The zero-order chi connectivity index (χ0) is 19.3. The van der Waals surface area contributed by atoms with Gasteiger partial charge >= 0.3 is 5.97 Å². The number of carbonyl (C=O) groups is 1. The third kappa shape index (κ3) is 3.48. The summed E-state index contributed by atoms with van der Waals surface area (Å²) in [5.74, 6) is 0.497. The zero-order valence-corrected chi connectivity index (χ0v) is 15.8. The fourth-order valence-electron chi connectivity index (χ4n) is 3.12. The fourth-order valence-corrected chi connectivity index (χ4v) is 3.12. The van der Waals surface area contributed by atoms with E-state index >= 15 is 0 Å². The molecule has 0 bridgehead atoms. The number of aromatic nitrogens is 1. The van der Waals surface area contributed by atoms with E-state index in [0.29, 0.717) is 42.3 Å². The standard InChI is InChI=1S/C19H25NO6/c1-6-13-15(11(9-10-23-2)16(20-13)19(21)22)12-7-8-14(24-3)18(26-5)17(12)25-4/h7-8,20H,6,9-10H2,1-5H3,(H,21,22). The van der Waals surface area contributed by atoms with Crippen molar-refractivity contribution in [1.82, 2.24) is 4.98 Å². The van der Waals surface area contributed by atoms with Crippen LogP contribution in [0.3, 0.4) is 0 Å². The van der Waals surface area contributed by atoms with Gasteiger partial charge in [-0.05, 0) is 30.5 Å². The molecule has 1 aromatic carbocycles. The van der Waals surface area contributed by atoms with Gasteiger partial charge in [-0.3, -0.25) is 0 Å². The number of carboxylic acids is 1. The van der Waals surface area contributed by atoms with Gasteiger partial charge in [0.15, 0.2) is 11.5 Å². The first kappa shape index (κ1) is 19.7. The molecule has 0 saturated heterocycles. The van der Waals surface area contributed by atoms with E-state index in [0.717, 1.165) is 16.8 Å². The average molecular weight is 363 g/mol. The van der Waals surface area contributed by atoms with Crippen molar-refractivity contribution in [2.24, 2.45) is 0 Å². The molecular formula is C19H25NO6. The highest BCUT2D eigenvalue weighted by Crippen LogP contribution is 2.46. The van der Waals surface area contributed by atoms with Crippen molar-refractivity contribution in [3.8, 4) is 28.4 Å². The Balaban J connectivity index is 2.80. The van der Waals surface area contributed by atoms with E-state index in [1.54, 1.807) is 27.4 Å². The number of nitrogens with one attached hydrogen (secondary N) is 1. The van der Waals surface area contributed by atoms with Crippen molar-refractivity contribution >= 4 is 5.97 Å². The SMILES string of the molecule is CCc1[nH]c(C(=O)O)c(CCOC)c1-c1ccc(OC)c(OC)c1OC. The number of hydrogen-bond acceptors (Lipinski definition) is 5. The molecule has 0 atom stereocenters. The van der Waals surface area contributed by atoms with Gasteiger partial charge in [0.1, 0.15) is 5.69 Å². The highest BCUT2D eigenvalue weighted by Gasteiger charge is 2.26. The maximum atomic E-state index is 11.7. The van der Waals surface area contributed by atoms with Gasteiger partial charge in [0.2, 0.25) is 5.75 Å². The lowest BCUT2D eigenvalue weighted by Gasteiger charge is -2.17. The Morgan fingerprint density at radius 1 is 1.08 bits per heavy atom. The second-order valence-electron chi connectivity index (χ2n) is 5.62. The predicted octanol–water partition coefficient (Wildman–Crippen LogP) is 3.16. The van der Waals surface area contributed by atoms with Crippen molar-refractivity contribution in [2.75, 3.05) is 35.0 Å². The monoisotopic (exact) mass is 363 g/mol. The summed E-state index contributed by atoms with van der Waals surface area (Å²) >= 11 is 0. The number of carboxylic acid groups (broad SMARTS) is 1. The smallest absolute Gasteiger partial charge is 0.352 e. The molecule has 0 fully saturated rings. The number of ether oxygens (including phenoxy) is 4. The minimum atomic E-state index is -1.00. The van der Waals surface area contributed by atoms with Gasteiger partial charge in [-0.15, -0.1) is 0 Å². The minimum absolute atomic E-state index is 0.172. The molecule has 0 spiro atoms. The summed E-state index contributed by atoms with van der Waals surface area (Å²) in [5.41, 5.74) is 3.23. The van der Waals surface area contributed by atoms with Crippen LogP contribution in [0.2, 0.25) is 0 Å². The van der Waals surface area contributed by atoms with Crippen LogP contribution in [0.25, 0.3) is 11.1 Å². The molecule has 26 heavy (non-hydrogen) atoms. The molecule has 142 valence electrons. The maximum absolute atomic E-state index is 11.7. The Morgan fingerprint density at radius 2 is 1.77 bits per heavy atom. The van der Waals surface area contributed by atoms with Crippen LogP contribution < -0.4 is 14.2 Å². The summed E-state index contributed by atoms with van der Waals surface area (Å²) in [4.78, 5) is 14.8. The molecule has 1 heterocycles. The van der Waals surface area contributed by atoms with Gasteiger partial charge in [0, 0.05) is 23.9 Å². The average Bonchev–Trinajstić information content (AvgIpc) is 3.03. The zero-order valence-electron chi connectivity index (χ0n) is 15.8. The Hall–Kier alpha value is -2.67. The summed E-state index contributed by atoms with van der Waals surface area (Å²) in [5, 5.41) is 9.61. The number of H-pyrrole nitrogens is 1. The lowest BCUT2D eigenvalue weighted by molar-refractivity contribution is 0.0689. The third-order valence-electron chi connectivity index (χ3n) is 4.28. The number of aromatic carboxylic acids is 1. The van der Waals surface area contributed by atoms with Gasteiger partial charge in [-0.2, -0.15) is 0 Å². The normalized spacial score (nSPS) is 10.7. The number of rotatable bonds is 9. The van der Waals surface area contributed by atoms with Crippen molar-refractivity contribution in [3.05, 3.63) is 29.1 Å². The third-order valence-corrected chi connectivity index (χ3v) is 4.28. The molecule has 7 heteroatoms. The van der Waals surface area contributed by atoms with Crippen LogP contribution in [0.1, 0.15) is 28.7 Å². The predicted molar refractivity (Wildman–Crippen MR) is 97.8 cm³/mol. The largest absolute Gasteiger partial charge is 0.493 e. The molecule has 0 aliphatic rings. The molecule has 0 aliphatic heterocycles. The molecule has 2 N–H and O–H groups in total. The van der Waals surface area contributed by atoms with Crippen LogP contribution in [0, 0.1) is 0 Å². The fraction of sp³-hybridized carbons (Fsp3) is 0.421. The summed E-state index contributed by atoms with van der Waals surface area (Å²) in [7, 11) is 6.23. The Kier molecular flexibility index (Phi) is 6.52. The summed E-state index contributed by atoms with van der Waals surface area (Å²) in [6.07, 6.45) is 1.10. The van der Waals surface area contributed by atoms with Crippen molar-refractivity contribution in [3.63, 3.8) is 0 Å². The van der Waals surface area contributed by atoms with E-state index in [1.165, 1.54) is 7.11 Å². The molecule has 0 saturated carbocycles. The molecule has 2 rings (SSSR count). The van der Waals surface area contributed by atoms with Gasteiger partial charge in [-0.1, -0.05) is 6.92 Å². The summed E-state index contributed by atoms with van der Waals surface area (Å²) in [6, 6.07) is 3.63. The highest BCUT2D eigenvalue weighted by molar-refractivity contribution is 5.93. The summed E-state index contributed by atoms with van der Waals surface area (Å²) in [6.45, 7) is 2.37. The quantitative estimate of drug-likeness (QED) is 0.711. The number of methoxy groups -OCH3 is 4. The molecule has 1 aromatic heterocycles. The molecule has 0 unspecified atom stereocenters. The minimum Gasteiger partial charge on any atom is -0.493 e. The van der Waals surface area contributed by atoms with Crippen molar-refractivity contribution in [1.29, 1.82) is 0 Å². The van der Waals surface area contributed by atoms with Crippen molar-refractivity contribution < 1.29 is 28.8 Å².